The topological polar surface area (TPSA) is 75.3 Å². The van der Waals surface area contributed by atoms with Crippen LogP contribution >= 0.6 is 46.7 Å². The summed E-state index contributed by atoms with van der Waals surface area (Å²) in [4.78, 5) is 10.2. The van der Waals surface area contributed by atoms with Crippen molar-refractivity contribution in [2.45, 2.75) is 6.42 Å². The van der Waals surface area contributed by atoms with Crippen molar-refractivity contribution in [1.82, 2.24) is 10.3 Å². The quantitative estimate of drug-likeness (QED) is 0.213. The van der Waals surface area contributed by atoms with Crippen molar-refractivity contribution in [3.05, 3.63) is 46.7 Å². The fraction of sp³-hybridized carbons (Fsp3) is 0.250. The summed E-state index contributed by atoms with van der Waals surface area (Å²) in [5.74, 6) is 0.493. The molecule has 128 valence electrons. The van der Waals surface area contributed by atoms with E-state index in [1.54, 1.807) is 22.7 Å². The lowest BCUT2D eigenvalue weighted by atomic mass is 10.3. The minimum absolute atomic E-state index is 0. The Morgan fingerprint density at radius 3 is 2.83 bits per heavy atom. The number of hydrogen-bond acceptors (Lipinski definition) is 5. The largest absolute Gasteiger partial charge is 0.370 e. The Hall–Kier alpha value is -1.39. The van der Waals surface area contributed by atoms with Gasteiger partial charge in [-0.15, -0.1) is 35.3 Å². The number of guanidine groups is 1. The van der Waals surface area contributed by atoms with Crippen molar-refractivity contribution < 1.29 is 0 Å². The Labute approximate surface area is 166 Å². The van der Waals surface area contributed by atoms with Crippen LogP contribution in [0, 0.1) is 0 Å². The average Bonchev–Trinajstić information content (AvgIpc) is 3.20. The van der Waals surface area contributed by atoms with Gasteiger partial charge in [0.1, 0.15) is 0 Å². The van der Waals surface area contributed by atoms with Gasteiger partial charge in [-0.2, -0.15) is 0 Å². The highest BCUT2D eigenvalue weighted by molar-refractivity contribution is 14.0. The van der Waals surface area contributed by atoms with Crippen LogP contribution in [0.3, 0.4) is 0 Å². The molecule has 0 atom stereocenters. The Bertz CT molecular complexity index is 737. The predicted molar refractivity (Wildman–Crippen MR) is 116 cm³/mol. The van der Waals surface area contributed by atoms with E-state index in [4.69, 9.17) is 5.73 Å². The first kappa shape index (κ1) is 18.9. The van der Waals surface area contributed by atoms with Crippen molar-refractivity contribution in [2.24, 2.45) is 10.7 Å². The number of fused-ring (bicyclic) bond motifs is 1. The van der Waals surface area contributed by atoms with E-state index in [-0.39, 0.29) is 24.0 Å². The van der Waals surface area contributed by atoms with Crippen LogP contribution in [0.5, 0.6) is 0 Å². The first-order chi connectivity index (χ1) is 11.3. The molecule has 0 aliphatic rings. The number of rotatable bonds is 7. The maximum absolute atomic E-state index is 5.86. The third-order valence-electron chi connectivity index (χ3n) is 3.22. The molecule has 0 radical (unpaired) electrons. The molecule has 0 saturated carbocycles. The summed E-state index contributed by atoms with van der Waals surface area (Å²) in [6.45, 7) is 2.18. The summed E-state index contributed by atoms with van der Waals surface area (Å²) < 4.78 is 1.19. The van der Waals surface area contributed by atoms with Crippen molar-refractivity contribution in [1.29, 1.82) is 0 Å². The number of halogens is 1. The second kappa shape index (κ2) is 9.80. The minimum Gasteiger partial charge on any atom is -0.370 e. The van der Waals surface area contributed by atoms with Crippen molar-refractivity contribution >= 4 is 68.0 Å². The molecule has 2 heterocycles. The van der Waals surface area contributed by atoms with E-state index in [1.807, 2.05) is 18.2 Å². The minimum atomic E-state index is 0. The number of aliphatic imine (C=N–C) groups is 1. The number of aromatic nitrogens is 1. The van der Waals surface area contributed by atoms with E-state index in [0.717, 1.165) is 23.6 Å². The SMILES string of the molecule is I.NC(=NCCc1cccs1)NCCNc1nc2ccccc2s1. The number of nitrogens with zero attached hydrogens (tertiary/aromatic N) is 2. The Morgan fingerprint density at radius 1 is 1.17 bits per heavy atom. The van der Waals surface area contributed by atoms with Crippen LogP contribution in [0.1, 0.15) is 4.88 Å². The monoisotopic (exact) mass is 473 g/mol. The zero-order chi connectivity index (χ0) is 15.9. The zero-order valence-electron chi connectivity index (χ0n) is 13.1. The molecule has 0 amide bonds. The number of para-hydroxylation sites is 1. The normalized spacial score (nSPS) is 11.2. The molecule has 0 saturated heterocycles. The molecule has 24 heavy (non-hydrogen) atoms. The van der Waals surface area contributed by atoms with E-state index in [1.165, 1.54) is 9.58 Å². The lowest BCUT2D eigenvalue weighted by Crippen LogP contribution is -2.35. The summed E-state index contributed by atoms with van der Waals surface area (Å²) in [5, 5.41) is 9.43. The maximum atomic E-state index is 5.86. The van der Waals surface area contributed by atoms with E-state index >= 15 is 0 Å². The highest BCUT2D eigenvalue weighted by atomic mass is 127. The van der Waals surface area contributed by atoms with E-state index in [0.29, 0.717) is 19.0 Å². The van der Waals surface area contributed by atoms with Crippen molar-refractivity contribution in [3.63, 3.8) is 0 Å². The van der Waals surface area contributed by atoms with Gasteiger partial charge in [-0.1, -0.05) is 29.5 Å². The van der Waals surface area contributed by atoms with Gasteiger partial charge >= 0.3 is 0 Å². The average molecular weight is 473 g/mol. The highest BCUT2D eigenvalue weighted by Gasteiger charge is 2.01. The number of benzene rings is 1. The van der Waals surface area contributed by atoms with Crippen LogP contribution in [0.2, 0.25) is 0 Å². The van der Waals surface area contributed by atoms with Gasteiger partial charge in [0, 0.05) is 30.9 Å². The first-order valence-electron chi connectivity index (χ1n) is 7.47. The first-order valence-corrected chi connectivity index (χ1v) is 9.16. The van der Waals surface area contributed by atoms with Crippen LogP contribution in [0.15, 0.2) is 46.8 Å². The second-order valence-electron chi connectivity index (χ2n) is 4.94. The molecule has 0 aliphatic heterocycles. The number of thiophene rings is 1. The van der Waals surface area contributed by atoms with E-state index in [2.05, 4.69) is 44.2 Å². The van der Waals surface area contributed by atoms with Gasteiger partial charge in [-0.05, 0) is 23.6 Å². The summed E-state index contributed by atoms with van der Waals surface area (Å²) in [6.07, 6.45) is 0.935. The second-order valence-corrected chi connectivity index (χ2v) is 7.00. The molecule has 0 aliphatic carbocycles. The van der Waals surface area contributed by atoms with Gasteiger partial charge in [0.05, 0.1) is 10.2 Å². The van der Waals surface area contributed by atoms with Gasteiger partial charge < -0.3 is 16.4 Å². The van der Waals surface area contributed by atoms with Crippen molar-refractivity contribution in [3.8, 4) is 0 Å². The molecule has 3 rings (SSSR count). The molecule has 0 fully saturated rings. The molecule has 4 N–H and O–H groups in total. The smallest absolute Gasteiger partial charge is 0.188 e. The van der Waals surface area contributed by atoms with Crippen molar-refractivity contribution in [2.75, 3.05) is 25.0 Å². The summed E-state index contributed by atoms with van der Waals surface area (Å²) in [6, 6.07) is 12.3. The number of thiazole rings is 1. The highest BCUT2D eigenvalue weighted by Crippen LogP contribution is 2.24. The van der Waals surface area contributed by atoms with Gasteiger partial charge in [0.15, 0.2) is 11.1 Å². The molecule has 0 spiro atoms. The van der Waals surface area contributed by atoms with Gasteiger partial charge in [0.25, 0.3) is 0 Å². The molecular formula is C16H20IN5S2. The third-order valence-corrected chi connectivity index (χ3v) is 5.15. The molecule has 8 heteroatoms. The Balaban J connectivity index is 0.00000208. The summed E-state index contributed by atoms with van der Waals surface area (Å²) in [7, 11) is 0. The maximum Gasteiger partial charge on any atom is 0.188 e. The summed E-state index contributed by atoms with van der Waals surface area (Å²) >= 11 is 3.41. The molecule has 3 aromatic rings. The standard InChI is InChI=1S/C16H19N5S2.HI/c17-15(18-8-7-12-4-3-11-22-12)19-9-10-20-16-21-13-5-1-2-6-14(13)23-16;/h1-6,11H,7-10H2,(H,20,21)(H3,17,18,19);1H. The zero-order valence-corrected chi connectivity index (χ0v) is 17.0. The van der Waals surface area contributed by atoms with Gasteiger partial charge in [0.2, 0.25) is 0 Å². The Kier molecular flexibility index (Phi) is 7.73. The molecule has 1 aromatic carbocycles. The number of anilines is 1. The Morgan fingerprint density at radius 2 is 2.04 bits per heavy atom. The molecule has 5 nitrogen and oxygen atoms in total. The van der Waals surface area contributed by atoms with Crippen LogP contribution in [-0.2, 0) is 6.42 Å². The number of nitrogens with one attached hydrogen (secondary N) is 2. The lowest BCUT2D eigenvalue weighted by Gasteiger charge is -2.06. The van der Waals surface area contributed by atoms with Crippen LogP contribution in [-0.4, -0.2) is 30.6 Å². The lowest BCUT2D eigenvalue weighted by molar-refractivity contribution is 0.876. The van der Waals surface area contributed by atoms with Crippen LogP contribution < -0.4 is 16.4 Å². The molecule has 0 bridgehead atoms. The van der Waals surface area contributed by atoms with E-state index in [9.17, 15) is 0 Å². The van der Waals surface area contributed by atoms with Gasteiger partial charge in [-0.3, -0.25) is 4.99 Å². The van der Waals surface area contributed by atoms with Crippen LogP contribution in [0.4, 0.5) is 5.13 Å². The van der Waals surface area contributed by atoms with E-state index < -0.39 is 0 Å². The van der Waals surface area contributed by atoms with Gasteiger partial charge in [-0.25, -0.2) is 4.98 Å². The third kappa shape index (κ3) is 5.60. The number of hydrogen-bond donors (Lipinski definition) is 3. The predicted octanol–water partition coefficient (Wildman–Crippen LogP) is 3.53. The van der Waals surface area contributed by atoms with Crippen LogP contribution in [0.25, 0.3) is 10.2 Å². The molecular weight excluding hydrogens is 453 g/mol. The number of nitrogens with two attached hydrogens (primary N) is 1. The molecule has 2 aromatic heterocycles. The fourth-order valence-corrected chi connectivity index (χ4v) is 3.69. The molecule has 0 unspecified atom stereocenters. The fourth-order valence-electron chi connectivity index (χ4n) is 2.11. The summed E-state index contributed by atoms with van der Waals surface area (Å²) in [5.41, 5.74) is 6.89.